The summed E-state index contributed by atoms with van der Waals surface area (Å²) in [6.07, 6.45) is 4.39. The van der Waals surface area contributed by atoms with Crippen LogP contribution in [0, 0.1) is 5.82 Å². The second kappa shape index (κ2) is 6.76. The summed E-state index contributed by atoms with van der Waals surface area (Å²) in [6, 6.07) is 4.12. The quantitative estimate of drug-likeness (QED) is 0.938. The number of benzene rings is 1. The van der Waals surface area contributed by atoms with E-state index in [0.29, 0.717) is 23.7 Å². The lowest BCUT2D eigenvalue weighted by molar-refractivity contribution is -0.134. The highest BCUT2D eigenvalue weighted by atomic mass is 19.1. The monoisotopic (exact) mass is 318 g/mol. The van der Waals surface area contributed by atoms with Gasteiger partial charge in [0, 0.05) is 12.1 Å². The Bertz CT molecular complexity index is 675. The van der Waals surface area contributed by atoms with Crippen molar-refractivity contribution in [2.75, 3.05) is 13.7 Å². The number of methoxy groups -OCH3 is 1. The van der Waals surface area contributed by atoms with Gasteiger partial charge in [0.1, 0.15) is 23.7 Å². The van der Waals surface area contributed by atoms with Crippen molar-refractivity contribution < 1.29 is 13.9 Å². The van der Waals surface area contributed by atoms with E-state index in [-0.39, 0.29) is 24.2 Å². The Labute approximate surface area is 133 Å². The van der Waals surface area contributed by atoms with Gasteiger partial charge in [0.15, 0.2) is 0 Å². The number of aromatic amines is 1. The molecule has 0 saturated carbocycles. The van der Waals surface area contributed by atoms with Gasteiger partial charge >= 0.3 is 0 Å². The van der Waals surface area contributed by atoms with Gasteiger partial charge in [-0.2, -0.15) is 5.10 Å². The Balaban J connectivity index is 1.80. The van der Waals surface area contributed by atoms with E-state index in [0.717, 1.165) is 19.3 Å². The Morgan fingerprint density at radius 3 is 3.09 bits per heavy atom. The van der Waals surface area contributed by atoms with Crippen molar-refractivity contribution in [2.45, 2.75) is 31.7 Å². The number of amides is 1. The van der Waals surface area contributed by atoms with E-state index in [1.165, 1.54) is 25.6 Å². The van der Waals surface area contributed by atoms with Crippen molar-refractivity contribution in [2.24, 2.45) is 0 Å². The van der Waals surface area contributed by atoms with Gasteiger partial charge < -0.3 is 9.64 Å². The van der Waals surface area contributed by atoms with Gasteiger partial charge in [0.2, 0.25) is 5.91 Å². The summed E-state index contributed by atoms with van der Waals surface area (Å²) in [5.41, 5.74) is 0.555. The van der Waals surface area contributed by atoms with E-state index < -0.39 is 0 Å². The second-order valence-electron chi connectivity index (χ2n) is 5.60. The van der Waals surface area contributed by atoms with Gasteiger partial charge in [-0.15, -0.1) is 0 Å². The molecule has 0 bridgehead atoms. The normalized spacial score (nSPS) is 18.0. The Hall–Kier alpha value is -2.44. The molecule has 1 amide bonds. The molecule has 7 heteroatoms. The smallest absolute Gasteiger partial charge is 0.227 e. The summed E-state index contributed by atoms with van der Waals surface area (Å²) in [4.78, 5) is 18.7. The molecule has 0 radical (unpaired) electrons. The van der Waals surface area contributed by atoms with Gasteiger partial charge in [0.05, 0.1) is 19.6 Å². The predicted octanol–water partition coefficient (Wildman–Crippen LogP) is 2.25. The van der Waals surface area contributed by atoms with Crippen LogP contribution in [0.5, 0.6) is 5.75 Å². The fourth-order valence-electron chi connectivity index (χ4n) is 3.04. The highest BCUT2D eigenvalue weighted by Crippen LogP contribution is 2.30. The molecule has 0 unspecified atom stereocenters. The van der Waals surface area contributed by atoms with Crippen molar-refractivity contribution in [3.8, 4) is 5.75 Å². The number of hydrogen-bond acceptors (Lipinski definition) is 4. The molecule has 1 aromatic heterocycles. The summed E-state index contributed by atoms with van der Waals surface area (Å²) in [5, 5.41) is 6.72. The summed E-state index contributed by atoms with van der Waals surface area (Å²) >= 11 is 0. The van der Waals surface area contributed by atoms with Crippen LogP contribution in [-0.2, 0) is 11.2 Å². The number of piperidine rings is 1. The zero-order valence-corrected chi connectivity index (χ0v) is 13.0. The van der Waals surface area contributed by atoms with Crippen LogP contribution in [0.4, 0.5) is 4.39 Å². The topological polar surface area (TPSA) is 71.1 Å². The number of carbonyl (C=O) groups is 1. The van der Waals surface area contributed by atoms with Crippen LogP contribution in [0.25, 0.3) is 0 Å². The minimum absolute atomic E-state index is 0.0602. The molecule has 23 heavy (non-hydrogen) atoms. The van der Waals surface area contributed by atoms with Crippen molar-refractivity contribution in [1.82, 2.24) is 20.1 Å². The van der Waals surface area contributed by atoms with Crippen molar-refractivity contribution in [3.05, 3.63) is 41.7 Å². The van der Waals surface area contributed by atoms with Crippen LogP contribution in [-0.4, -0.2) is 39.6 Å². The van der Waals surface area contributed by atoms with Crippen molar-refractivity contribution in [3.63, 3.8) is 0 Å². The summed E-state index contributed by atoms with van der Waals surface area (Å²) in [6.45, 7) is 0.668. The minimum atomic E-state index is -0.376. The number of H-pyrrole nitrogens is 1. The molecule has 122 valence electrons. The average Bonchev–Trinajstić information content (AvgIpc) is 3.09. The minimum Gasteiger partial charge on any atom is -0.496 e. The molecular formula is C16H19FN4O2. The predicted molar refractivity (Wildman–Crippen MR) is 81.3 cm³/mol. The standard InChI is InChI=1S/C16H19FN4O2/c1-23-14-6-5-12(17)8-11(14)9-15(22)21-7-3-2-4-13(21)16-18-10-19-20-16/h5-6,8,10,13H,2-4,7,9H2,1H3,(H,18,19,20)/t13-/m0/s1. The average molecular weight is 318 g/mol. The molecule has 1 aliphatic rings. The first-order chi connectivity index (χ1) is 11.2. The lowest BCUT2D eigenvalue weighted by Crippen LogP contribution is -2.39. The first-order valence-electron chi connectivity index (χ1n) is 7.66. The molecular weight excluding hydrogens is 299 g/mol. The maximum absolute atomic E-state index is 13.5. The maximum atomic E-state index is 13.5. The number of rotatable bonds is 4. The first-order valence-corrected chi connectivity index (χ1v) is 7.66. The molecule has 0 aliphatic carbocycles. The molecule has 1 aromatic carbocycles. The number of carbonyl (C=O) groups excluding carboxylic acids is 1. The van der Waals surface area contributed by atoms with Crippen LogP contribution < -0.4 is 4.74 Å². The number of halogens is 1. The molecule has 1 aliphatic heterocycles. The molecule has 3 rings (SSSR count). The molecule has 2 aromatic rings. The zero-order valence-electron chi connectivity index (χ0n) is 13.0. The molecule has 1 N–H and O–H groups in total. The fourth-order valence-corrected chi connectivity index (χ4v) is 3.04. The third-order valence-electron chi connectivity index (χ3n) is 4.16. The second-order valence-corrected chi connectivity index (χ2v) is 5.60. The Kier molecular flexibility index (Phi) is 4.55. The highest BCUT2D eigenvalue weighted by Gasteiger charge is 2.30. The van der Waals surface area contributed by atoms with Gasteiger partial charge in [-0.05, 0) is 37.5 Å². The SMILES string of the molecule is COc1ccc(F)cc1CC(=O)N1CCCC[C@H]1c1ncn[nH]1. The first kappa shape index (κ1) is 15.5. The number of likely N-dealkylation sites (tertiary alicyclic amines) is 1. The van der Waals surface area contributed by atoms with Crippen molar-refractivity contribution >= 4 is 5.91 Å². The van der Waals surface area contributed by atoms with Crippen LogP contribution in [0.2, 0.25) is 0 Å². The van der Waals surface area contributed by atoms with Crippen LogP contribution in [0.3, 0.4) is 0 Å². The highest BCUT2D eigenvalue weighted by molar-refractivity contribution is 5.80. The molecule has 6 nitrogen and oxygen atoms in total. The molecule has 2 heterocycles. The van der Waals surface area contributed by atoms with Gasteiger partial charge in [-0.3, -0.25) is 9.89 Å². The zero-order chi connectivity index (χ0) is 16.2. The Morgan fingerprint density at radius 1 is 1.48 bits per heavy atom. The third kappa shape index (κ3) is 3.33. The van der Waals surface area contributed by atoms with E-state index in [4.69, 9.17) is 4.74 Å². The van der Waals surface area contributed by atoms with Crippen LogP contribution in [0.15, 0.2) is 24.5 Å². The van der Waals surface area contributed by atoms with E-state index >= 15 is 0 Å². The van der Waals surface area contributed by atoms with Gasteiger partial charge in [-0.1, -0.05) is 0 Å². The number of nitrogens with one attached hydrogen (secondary N) is 1. The van der Waals surface area contributed by atoms with E-state index in [1.807, 2.05) is 0 Å². The Morgan fingerprint density at radius 2 is 2.35 bits per heavy atom. The fraction of sp³-hybridized carbons (Fsp3) is 0.438. The number of nitrogens with zero attached hydrogens (tertiary/aromatic N) is 3. The summed E-state index contributed by atoms with van der Waals surface area (Å²) in [7, 11) is 1.51. The number of ether oxygens (including phenoxy) is 1. The van der Waals surface area contributed by atoms with Crippen LogP contribution in [0.1, 0.15) is 36.7 Å². The lowest BCUT2D eigenvalue weighted by atomic mass is 10.00. The third-order valence-corrected chi connectivity index (χ3v) is 4.16. The summed E-state index contributed by atoms with van der Waals surface area (Å²) < 4.78 is 18.7. The molecule has 1 atom stereocenters. The largest absolute Gasteiger partial charge is 0.496 e. The summed E-state index contributed by atoms with van der Waals surface area (Å²) in [5.74, 6) is 0.784. The van der Waals surface area contributed by atoms with Crippen LogP contribution >= 0.6 is 0 Å². The van der Waals surface area contributed by atoms with E-state index in [9.17, 15) is 9.18 Å². The van der Waals surface area contributed by atoms with Crippen molar-refractivity contribution in [1.29, 1.82) is 0 Å². The molecule has 0 spiro atoms. The van der Waals surface area contributed by atoms with Gasteiger partial charge in [-0.25, -0.2) is 9.37 Å². The molecule has 1 saturated heterocycles. The van der Waals surface area contributed by atoms with Gasteiger partial charge in [0.25, 0.3) is 0 Å². The molecule has 1 fully saturated rings. The number of aromatic nitrogens is 3. The maximum Gasteiger partial charge on any atom is 0.227 e. The van der Waals surface area contributed by atoms with E-state index in [2.05, 4.69) is 15.2 Å². The number of hydrogen-bond donors (Lipinski definition) is 1. The van der Waals surface area contributed by atoms with E-state index in [1.54, 1.807) is 11.0 Å². The lowest BCUT2D eigenvalue weighted by Gasteiger charge is -2.34.